The average molecular weight is 438 g/mol. The summed E-state index contributed by atoms with van der Waals surface area (Å²) in [5.74, 6) is -3.14. The molecule has 2 aliphatic heterocycles. The predicted molar refractivity (Wildman–Crippen MR) is 102 cm³/mol. The van der Waals surface area contributed by atoms with Crippen molar-refractivity contribution in [1.82, 2.24) is 5.32 Å². The number of carbonyl (C=O) groups is 5. The molecule has 1 aromatic rings. The van der Waals surface area contributed by atoms with Crippen molar-refractivity contribution in [2.75, 3.05) is 4.90 Å². The van der Waals surface area contributed by atoms with Gasteiger partial charge in [-0.2, -0.15) is 8.42 Å². The normalized spacial score (nSPS) is 18.3. The molecule has 1 saturated heterocycles. The molecule has 3 rings (SSSR count). The summed E-state index contributed by atoms with van der Waals surface area (Å²) >= 11 is 0. The number of benzene rings is 1. The fourth-order valence-electron chi connectivity index (χ4n) is 2.68. The average Bonchev–Trinajstić information content (AvgIpc) is 3.17. The maximum atomic E-state index is 11.5. The van der Waals surface area contributed by atoms with Gasteiger partial charge in [-0.25, -0.2) is 4.90 Å². The fourth-order valence-corrected chi connectivity index (χ4v) is 3.37. The first kappa shape index (κ1) is 22.9. The Balaban J connectivity index is 0.000000248. The van der Waals surface area contributed by atoms with E-state index in [4.69, 9.17) is 9.66 Å². The number of rotatable bonds is 6. The van der Waals surface area contributed by atoms with E-state index in [2.05, 4.69) is 0 Å². The van der Waals surface area contributed by atoms with Crippen LogP contribution >= 0.6 is 0 Å². The Morgan fingerprint density at radius 1 is 1.07 bits per heavy atom. The van der Waals surface area contributed by atoms with Crippen LogP contribution in [0.15, 0.2) is 36.4 Å². The summed E-state index contributed by atoms with van der Waals surface area (Å²) in [6, 6.07) is 6.99. The third-order valence-corrected chi connectivity index (χ3v) is 5.25. The van der Waals surface area contributed by atoms with Crippen molar-refractivity contribution in [3.05, 3.63) is 42.0 Å². The molecule has 1 unspecified atom stereocenters. The Bertz CT molecular complexity index is 995. The minimum atomic E-state index is -4.42. The van der Waals surface area contributed by atoms with Crippen LogP contribution in [0.1, 0.15) is 24.8 Å². The van der Waals surface area contributed by atoms with Crippen LogP contribution in [0.4, 0.5) is 5.69 Å². The van der Waals surface area contributed by atoms with Crippen LogP contribution in [0.2, 0.25) is 0 Å². The first-order chi connectivity index (χ1) is 14.0. The monoisotopic (exact) mass is 438 g/mol. The second kappa shape index (κ2) is 9.41. The third kappa shape index (κ3) is 6.06. The summed E-state index contributed by atoms with van der Waals surface area (Å²) in [4.78, 5) is 55.4. The number of nitrogens with zero attached hydrogens (tertiary/aromatic N) is 1. The molecule has 2 aliphatic rings. The van der Waals surface area contributed by atoms with Gasteiger partial charge in [-0.15, -0.1) is 0 Å². The number of amides is 4. The van der Waals surface area contributed by atoms with Crippen LogP contribution in [-0.4, -0.2) is 52.9 Å². The number of aliphatic carboxylic acids is 1. The molecule has 11 nitrogen and oxygen atoms in total. The number of carboxylic acids is 1. The van der Waals surface area contributed by atoms with E-state index in [1.807, 2.05) is 0 Å². The van der Waals surface area contributed by atoms with Gasteiger partial charge in [-0.3, -0.25) is 33.8 Å². The Morgan fingerprint density at radius 3 is 2.03 bits per heavy atom. The van der Waals surface area contributed by atoms with Crippen LogP contribution < -0.4 is 10.2 Å². The Kier molecular flexibility index (Phi) is 7.19. The highest BCUT2D eigenvalue weighted by atomic mass is 32.2. The highest BCUT2D eigenvalue weighted by molar-refractivity contribution is 7.87. The lowest BCUT2D eigenvalue weighted by Gasteiger charge is -2.14. The SMILES string of the molecule is O=C(O)CCCc1ccc(N2C(=O)C=CC2=O)cc1.O=C1CC(S(=O)(=O)O)C(=O)N1. The molecule has 0 spiro atoms. The van der Waals surface area contributed by atoms with Crippen molar-refractivity contribution in [2.45, 2.75) is 30.9 Å². The molecule has 0 aliphatic carbocycles. The number of hydrogen-bond donors (Lipinski definition) is 3. The molecule has 1 aromatic carbocycles. The molecule has 160 valence electrons. The maximum Gasteiger partial charge on any atom is 0.303 e. The van der Waals surface area contributed by atoms with E-state index in [1.54, 1.807) is 29.6 Å². The lowest BCUT2D eigenvalue weighted by molar-refractivity contribution is -0.137. The van der Waals surface area contributed by atoms with Crippen LogP contribution in [0, 0.1) is 0 Å². The summed E-state index contributed by atoms with van der Waals surface area (Å²) in [7, 11) is -4.42. The van der Waals surface area contributed by atoms with Crippen molar-refractivity contribution in [3.63, 3.8) is 0 Å². The van der Waals surface area contributed by atoms with E-state index >= 15 is 0 Å². The largest absolute Gasteiger partial charge is 0.481 e. The highest BCUT2D eigenvalue weighted by Gasteiger charge is 2.39. The van der Waals surface area contributed by atoms with E-state index in [9.17, 15) is 32.4 Å². The van der Waals surface area contributed by atoms with E-state index in [1.165, 1.54) is 12.2 Å². The zero-order chi connectivity index (χ0) is 22.5. The lowest BCUT2D eigenvalue weighted by atomic mass is 10.1. The number of hydrogen-bond acceptors (Lipinski definition) is 7. The van der Waals surface area contributed by atoms with Crippen molar-refractivity contribution < 1.29 is 42.0 Å². The zero-order valence-corrected chi connectivity index (χ0v) is 16.3. The van der Waals surface area contributed by atoms with E-state index in [-0.39, 0.29) is 18.2 Å². The van der Waals surface area contributed by atoms with Gasteiger partial charge in [0.05, 0.1) is 12.1 Å². The van der Waals surface area contributed by atoms with Crippen LogP contribution in [0.25, 0.3) is 0 Å². The minimum absolute atomic E-state index is 0.134. The van der Waals surface area contributed by atoms with E-state index < -0.39 is 39.6 Å². The van der Waals surface area contributed by atoms with Crippen molar-refractivity contribution in [2.24, 2.45) is 0 Å². The second-order valence-corrected chi connectivity index (χ2v) is 7.98. The lowest BCUT2D eigenvalue weighted by Crippen LogP contribution is -2.30. The first-order valence-corrected chi connectivity index (χ1v) is 10.2. The molecule has 1 fully saturated rings. The zero-order valence-electron chi connectivity index (χ0n) is 15.5. The number of aryl methyl sites for hydroxylation is 1. The Morgan fingerprint density at radius 2 is 1.63 bits per heavy atom. The molecule has 1 atom stereocenters. The molecule has 2 heterocycles. The summed E-state index contributed by atoms with van der Waals surface area (Å²) < 4.78 is 29.0. The van der Waals surface area contributed by atoms with Gasteiger partial charge in [0.2, 0.25) is 11.8 Å². The number of imide groups is 2. The van der Waals surface area contributed by atoms with E-state index in [0.717, 1.165) is 10.5 Å². The molecule has 3 N–H and O–H groups in total. The molecule has 0 aromatic heterocycles. The highest BCUT2D eigenvalue weighted by Crippen LogP contribution is 2.20. The predicted octanol–water partition coefficient (Wildman–Crippen LogP) is -0.187. The number of anilines is 1. The molecule has 12 heteroatoms. The van der Waals surface area contributed by atoms with Gasteiger partial charge in [0, 0.05) is 18.6 Å². The smallest absolute Gasteiger partial charge is 0.303 e. The summed E-state index contributed by atoms with van der Waals surface area (Å²) in [5.41, 5.74) is 1.51. The van der Waals surface area contributed by atoms with Crippen molar-refractivity contribution in [3.8, 4) is 0 Å². The Hall–Kier alpha value is -3.38. The van der Waals surface area contributed by atoms with Crippen LogP contribution in [0.3, 0.4) is 0 Å². The summed E-state index contributed by atoms with van der Waals surface area (Å²) in [6.07, 6.45) is 3.35. The molecular weight excluding hydrogens is 420 g/mol. The fraction of sp³-hybridized carbons (Fsp3) is 0.278. The minimum Gasteiger partial charge on any atom is -0.481 e. The van der Waals surface area contributed by atoms with Gasteiger partial charge in [-0.1, -0.05) is 12.1 Å². The van der Waals surface area contributed by atoms with Gasteiger partial charge in [0.1, 0.15) is 0 Å². The number of carbonyl (C=O) groups excluding carboxylic acids is 4. The van der Waals surface area contributed by atoms with Gasteiger partial charge in [0.25, 0.3) is 21.9 Å². The van der Waals surface area contributed by atoms with Crippen molar-refractivity contribution in [1.29, 1.82) is 0 Å². The quantitative estimate of drug-likeness (QED) is 0.401. The van der Waals surface area contributed by atoms with Gasteiger partial charge in [0.15, 0.2) is 5.25 Å². The van der Waals surface area contributed by atoms with Crippen molar-refractivity contribution >= 4 is 45.4 Å². The molecule has 4 amide bonds. The maximum absolute atomic E-state index is 11.5. The van der Waals surface area contributed by atoms with Gasteiger partial charge < -0.3 is 5.11 Å². The molecule has 0 bridgehead atoms. The first-order valence-electron chi connectivity index (χ1n) is 8.66. The molecule has 0 saturated carbocycles. The number of carboxylic acid groups (broad SMARTS) is 1. The molecule has 30 heavy (non-hydrogen) atoms. The molecular formula is C18H18N2O9S. The van der Waals surface area contributed by atoms with Crippen LogP contribution in [-0.2, 0) is 40.5 Å². The third-order valence-electron chi connectivity index (χ3n) is 4.15. The van der Waals surface area contributed by atoms with Gasteiger partial charge >= 0.3 is 5.97 Å². The Labute approximate surface area is 171 Å². The van der Waals surface area contributed by atoms with Crippen LogP contribution in [0.5, 0.6) is 0 Å². The van der Waals surface area contributed by atoms with Gasteiger partial charge in [-0.05, 0) is 30.5 Å². The number of nitrogens with one attached hydrogen (secondary N) is 1. The second-order valence-electron chi connectivity index (χ2n) is 6.38. The summed E-state index contributed by atoms with van der Waals surface area (Å²) in [6.45, 7) is 0. The molecule has 0 radical (unpaired) electrons. The topological polar surface area (TPSA) is 175 Å². The standard InChI is InChI=1S/C14H13NO4.C4H5NO5S/c16-12-8-9-13(17)15(12)11-6-4-10(5-7-11)2-1-3-14(18)19;6-3-1-2(4(7)5-3)11(8,9)10/h4-9H,1-3H2,(H,18,19);2H,1H2,(H,5,6,7)(H,8,9,10). The summed E-state index contributed by atoms with van der Waals surface area (Å²) in [5, 5.41) is 8.69. The van der Waals surface area contributed by atoms with E-state index in [0.29, 0.717) is 18.5 Å².